The Morgan fingerprint density at radius 2 is 1.56 bits per heavy atom. The van der Waals surface area contributed by atoms with Gasteiger partial charge in [-0.05, 0) is 34.1 Å². The number of fused-ring (bicyclic) bond motifs is 1. The number of rotatable bonds is 2. The van der Waals surface area contributed by atoms with E-state index in [0.29, 0.717) is 0 Å². The number of para-hydroxylation sites is 1. The number of nitrogens with one attached hydrogen (secondary N) is 1. The largest absolute Gasteiger partial charge is 0.359 e. The molecule has 3 aromatic rings. The number of aromatic amines is 1. The van der Waals surface area contributed by atoms with Gasteiger partial charge in [-0.2, -0.15) is 0 Å². The summed E-state index contributed by atoms with van der Waals surface area (Å²) in [5.41, 5.74) is 2.74. The molecule has 0 spiro atoms. The first-order chi connectivity index (χ1) is 8.84. The summed E-state index contributed by atoms with van der Waals surface area (Å²) in [7, 11) is 0. The van der Waals surface area contributed by atoms with Crippen molar-refractivity contribution in [3.8, 4) is 0 Å². The molecule has 18 heavy (non-hydrogen) atoms. The molecule has 0 atom stereocenters. The molecular formula is C14H10BrN3. The maximum absolute atomic E-state index is 4.29. The summed E-state index contributed by atoms with van der Waals surface area (Å²) in [6, 6.07) is 15.8. The van der Waals surface area contributed by atoms with Crippen molar-refractivity contribution in [2.24, 2.45) is 10.2 Å². The number of nitrogens with zero attached hydrogens (tertiary/aromatic N) is 2. The zero-order valence-corrected chi connectivity index (χ0v) is 11.1. The minimum absolute atomic E-state index is 0.822. The maximum atomic E-state index is 4.29. The highest BCUT2D eigenvalue weighted by molar-refractivity contribution is 9.10. The van der Waals surface area contributed by atoms with Crippen molar-refractivity contribution < 1.29 is 0 Å². The minimum atomic E-state index is 0.822. The van der Waals surface area contributed by atoms with Gasteiger partial charge in [0, 0.05) is 21.6 Å². The fourth-order valence-corrected chi connectivity index (χ4v) is 2.14. The number of hydrogen-bond donors (Lipinski definition) is 1. The van der Waals surface area contributed by atoms with Crippen LogP contribution in [0.5, 0.6) is 0 Å². The molecular weight excluding hydrogens is 290 g/mol. The Hall–Kier alpha value is -1.94. The Labute approximate surface area is 113 Å². The molecule has 0 aliphatic rings. The molecule has 2 aromatic carbocycles. The third kappa shape index (κ3) is 2.07. The van der Waals surface area contributed by atoms with Crippen molar-refractivity contribution in [3.05, 3.63) is 59.2 Å². The molecule has 3 rings (SSSR count). The van der Waals surface area contributed by atoms with Crippen molar-refractivity contribution in [3.63, 3.8) is 0 Å². The van der Waals surface area contributed by atoms with Crippen LogP contribution in [-0.2, 0) is 0 Å². The van der Waals surface area contributed by atoms with E-state index in [1.807, 2.05) is 54.7 Å². The van der Waals surface area contributed by atoms with Crippen molar-refractivity contribution in [2.45, 2.75) is 0 Å². The van der Waals surface area contributed by atoms with Crippen LogP contribution in [0.3, 0.4) is 0 Å². The number of hydrogen-bond acceptors (Lipinski definition) is 2. The van der Waals surface area contributed by atoms with Crippen LogP contribution in [-0.4, -0.2) is 4.98 Å². The molecule has 0 aliphatic heterocycles. The summed E-state index contributed by atoms with van der Waals surface area (Å²) in [6.07, 6.45) is 1.87. The Kier molecular flexibility index (Phi) is 2.94. The van der Waals surface area contributed by atoms with Crippen molar-refractivity contribution in [1.29, 1.82) is 0 Å². The van der Waals surface area contributed by atoms with Crippen LogP contribution in [0.25, 0.3) is 10.9 Å². The van der Waals surface area contributed by atoms with E-state index in [1.54, 1.807) is 0 Å². The second-order valence-corrected chi connectivity index (χ2v) is 4.73. The van der Waals surface area contributed by atoms with Gasteiger partial charge >= 0.3 is 0 Å². The fraction of sp³-hybridized carbons (Fsp3) is 0. The van der Waals surface area contributed by atoms with E-state index in [2.05, 4.69) is 31.1 Å². The van der Waals surface area contributed by atoms with E-state index < -0.39 is 0 Å². The lowest BCUT2D eigenvalue weighted by atomic mass is 10.2. The van der Waals surface area contributed by atoms with Gasteiger partial charge in [-0.3, -0.25) is 0 Å². The lowest BCUT2D eigenvalue weighted by molar-refractivity contribution is 1.23. The monoisotopic (exact) mass is 299 g/mol. The molecule has 88 valence electrons. The normalized spacial score (nSPS) is 11.4. The van der Waals surface area contributed by atoms with Gasteiger partial charge in [-0.25, -0.2) is 0 Å². The number of azo groups is 1. The van der Waals surface area contributed by atoms with Crippen LogP contribution in [0.2, 0.25) is 0 Å². The number of aromatic nitrogens is 1. The highest BCUT2D eigenvalue weighted by Crippen LogP contribution is 2.29. The number of H-pyrrole nitrogens is 1. The predicted molar refractivity (Wildman–Crippen MR) is 76.6 cm³/mol. The molecule has 0 unspecified atom stereocenters. The van der Waals surface area contributed by atoms with Crippen LogP contribution >= 0.6 is 15.9 Å². The fourth-order valence-electron chi connectivity index (χ4n) is 1.78. The van der Waals surface area contributed by atoms with Gasteiger partial charge < -0.3 is 4.98 Å². The number of benzene rings is 2. The highest BCUT2D eigenvalue weighted by Gasteiger charge is 2.01. The Morgan fingerprint density at radius 1 is 0.833 bits per heavy atom. The van der Waals surface area contributed by atoms with Crippen LogP contribution < -0.4 is 0 Å². The third-order valence-electron chi connectivity index (χ3n) is 2.69. The second-order valence-electron chi connectivity index (χ2n) is 3.87. The van der Waals surface area contributed by atoms with E-state index in [-0.39, 0.29) is 0 Å². The topological polar surface area (TPSA) is 40.5 Å². The molecule has 3 nitrogen and oxygen atoms in total. The SMILES string of the molecule is Brc1ccccc1N=Nc1c[nH]c2ccccc12. The quantitative estimate of drug-likeness (QED) is 0.620. The molecule has 1 aromatic heterocycles. The van der Waals surface area contributed by atoms with Crippen molar-refractivity contribution in [2.75, 3.05) is 0 Å². The average Bonchev–Trinajstić information content (AvgIpc) is 2.81. The van der Waals surface area contributed by atoms with Gasteiger partial charge in [0.1, 0.15) is 5.69 Å². The summed E-state index contributed by atoms with van der Waals surface area (Å²) in [4.78, 5) is 3.17. The smallest absolute Gasteiger partial charge is 0.111 e. The van der Waals surface area contributed by atoms with Crippen LogP contribution in [0.1, 0.15) is 0 Å². The van der Waals surface area contributed by atoms with E-state index in [0.717, 1.165) is 26.8 Å². The zero-order chi connectivity index (χ0) is 12.4. The van der Waals surface area contributed by atoms with Crippen LogP contribution in [0, 0.1) is 0 Å². The Bertz CT molecular complexity index is 716. The average molecular weight is 300 g/mol. The van der Waals surface area contributed by atoms with E-state index in [9.17, 15) is 0 Å². The van der Waals surface area contributed by atoms with Crippen molar-refractivity contribution in [1.82, 2.24) is 4.98 Å². The summed E-state index contributed by atoms with van der Waals surface area (Å²) >= 11 is 3.45. The molecule has 0 fully saturated rings. The third-order valence-corrected chi connectivity index (χ3v) is 3.36. The van der Waals surface area contributed by atoms with Crippen LogP contribution in [0.4, 0.5) is 11.4 Å². The number of halogens is 1. The first kappa shape index (κ1) is 11.2. The van der Waals surface area contributed by atoms with Gasteiger partial charge in [0.05, 0.1) is 5.69 Å². The lowest BCUT2D eigenvalue weighted by Gasteiger charge is -1.95. The molecule has 0 amide bonds. The molecule has 0 aliphatic carbocycles. The molecule has 4 heteroatoms. The lowest BCUT2D eigenvalue weighted by Crippen LogP contribution is -1.66. The maximum Gasteiger partial charge on any atom is 0.111 e. The molecule has 0 radical (unpaired) electrons. The first-order valence-corrected chi connectivity index (χ1v) is 6.36. The first-order valence-electron chi connectivity index (χ1n) is 5.57. The molecule has 0 bridgehead atoms. The van der Waals surface area contributed by atoms with E-state index >= 15 is 0 Å². The second kappa shape index (κ2) is 4.74. The Balaban J connectivity index is 2.00. The molecule has 0 saturated carbocycles. The van der Waals surface area contributed by atoms with E-state index in [1.165, 1.54) is 0 Å². The van der Waals surface area contributed by atoms with Gasteiger partial charge in [-0.15, -0.1) is 10.2 Å². The molecule has 1 N–H and O–H groups in total. The molecule has 0 saturated heterocycles. The van der Waals surface area contributed by atoms with Crippen LogP contribution in [0.15, 0.2) is 69.4 Å². The summed E-state index contributed by atoms with van der Waals surface area (Å²) in [5.74, 6) is 0. The minimum Gasteiger partial charge on any atom is -0.359 e. The Morgan fingerprint density at radius 3 is 2.44 bits per heavy atom. The van der Waals surface area contributed by atoms with Crippen molar-refractivity contribution >= 4 is 38.2 Å². The van der Waals surface area contributed by atoms with E-state index in [4.69, 9.17) is 0 Å². The molecule has 1 heterocycles. The standard InChI is InChI=1S/C14H10BrN3/c15-11-6-2-4-8-13(11)17-18-14-9-16-12-7-3-1-5-10(12)14/h1-9,16H. The zero-order valence-electron chi connectivity index (χ0n) is 9.47. The van der Waals surface area contributed by atoms with Gasteiger partial charge in [0.15, 0.2) is 0 Å². The summed E-state index contributed by atoms with van der Waals surface area (Å²) in [5, 5.41) is 9.62. The predicted octanol–water partition coefficient (Wildman–Crippen LogP) is 5.35. The van der Waals surface area contributed by atoms with Gasteiger partial charge in [-0.1, -0.05) is 30.3 Å². The summed E-state index contributed by atoms with van der Waals surface area (Å²) < 4.78 is 0.939. The highest BCUT2D eigenvalue weighted by atomic mass is 79.9. The van der Waals surface area contributed by atoms with Gasteiger partial charge in [0.25, 0.3) is 0 Å². The summed E-state index contributed by atoms with van der Waals surface area (Å²) in [6.45, 7) is 0. The van der Waals surface area contributed by atoms with Gasteiger partial charge in [0.2, 0.25) is 0 Å².